The zero-order chi connectivity index (χ0) is 10.8. The third kappa shape index (κ3) is 3.13. The van der Waals surface area contributed by atoms with Crippen LogP contribution in [0.5, 0.6) is 5.19 Å². The van der Waals surface area contributed by atoms with Gasteiger partial charge in [0, 0.05) is 0 Å². The van der Waals surface area contributed by atoms with Crippen molar-refractivity contribution >= 4 is 11.3 Å². The van der Waals surface area contributed by atoms with Crippen LogP contribution in [-0.4, -0.2) is 16.8 Å². The Labute approximate surface area is 82.9 Å². The highest BCUT2D eigenvalue weighted by Crippen LogP contribution is 2.33. The average Bonchev–Trinajstić information content (AvgIpc) is 2.47. The summed E-state index contributed by atoms with van der Waals surface area (Å²) < 4.78 is 41.1. The van der Waals surface area contributed by atoms with Gasteiger partial charge in [-0.2, -0.15) is 13.2 Å². The Balaban J connectivity index is 2.60. The molecule has 0 spiro atoms. The summed E-state index contributed by atoms with van der Waals surface area (Å²) in [5.41, 5.74) is 0. The van der Waals surface area contributed by atoms with Gasteiger partial charge in [-0.15, -0.1) is 5.10 Å². The fourth-order valence-corrected chi connectivity index (χ4v) is 1.19. The largest absolute Gasteiger partial charge is 0.469 e. The van der Waals surface area contributed by atoms with Crippen LogP contribution in [0, 0.1) is 5.92 Å². The van der Waals surface area contributed by atoms with Gasteiger partial charge in [-0.05, 0) is 5.92 Å². The van der Waals surface area contributed by atoms with E-state index >= 15 is 0 Å². The maximum atomic E-state index is 12.1. The highest BCUT2D eigenvalue weighted by molar-refractivity contribution is 7.13. The van der Waals surface area contributed by atoms with Gasteiger partial charge in [-0.3, -0.25) is 0 Å². The van der Waals surface area contributed by atoms with Crippen LogP contribution in [0.1, 0.15) is 18.9 Å². The molecule has 0 unspecified atom stereocenters. The SMILES string of the molecule is CC(C)COc1nnc(C(F)(F)F)s1. The number of rotatable bonds is 3. The van der Waals surface area contributed by atoms with Gasteiger partial charge in [0.05, 0.1) is 6.61 Å². The molecule has 0 fully saturated rings. The molecule has 0 aromatic carbocycles. The van der Waals surface area contributed by atoms with Crippen LogP contribution in [0.2, 0.25) is 0 Å². The van der Waals surface area contributed by atoms with Gasteiger partial charge in [-0.1, -0.05) is 30.3 Å². The maximum Gasteiger partial charge on any atom is 0.445 e. The van der Waals surface area contributed by atoms with Gasteiger partial charge in [0.25, 0.3) is 5.19 Å². The first-order valence-corrected chi connectivity index (χ1v) is 4.74. The van der Waals surface area contributed by atoms with Crippen LogP contribution in [-0.2, 0) is 6.18 Å². The molecule has 0 N–H and O–H groups in total. The standard InChI is InChI=1S/C7H9F3N2OS/c1-4(2)3-13-6-12-11-5(14-6)7(8,9)10/h4H,3H2,1-2H3. The van der Waals surface area contributed by atoms with Gasteiger partial charge in [0.15, 0.2) is 0 Å². The molecule has 0 bridgehead atoms. The first kappa shape index (κ1) is 11.2. The normalized spacial score (nSPS) is 12.1. The second-order valence-corrected chi connectivity index (χ2v) is 4.02. The number of hydrogen-bond acceptors (Lipinski definition) is 4. The molecule has 0 aliphatic heterocycles. The van der Waals surface area contributed by atoms with Gasteiger partial charge < -0.3 is 4.74 Å². The van der Waals surface area contributed by atoms with Crippen molar-refractivity contribution in [3.05, 3.63) is 5.01 Å². The van der Waals surface area contributed by atoms with Crippen molar-refractivity contribution in [2.45, 2.75) is 20.0 Å². The van der Waals surface area contributed by atoms with Crippen LogP contribution in [0.3, 0.4) is 0 Å². The van der Waals surface area contributed by atoms with E-state index in [-0.39, 0.29) is 11.1 Å². The monoisotopic (exact) mass is 226 g/mol. The second kappa shape index (κ2) is 4.12. The molecule has 0 amide bonds. The predicted octanol–water partition coefficient (Wildman–Crippen LogP) is 2.59. The molecule has 1 heterocycles. The van der Waals surface area contributed by atoms with Gasteiger partial charge in [-0.25, -0.2) is 0 Å². The Bertz CT molecular complexity index is 297. The molecule has 0 radical (unpaired) electrons. The summed E-state index contributed by atoms with van der Waals surface area (Å²) in [6.07, 6.45) is -4.43. The Morgan fingerprint density at radius 2 is 2.00 bits per heavy atom. The molecule has 80 valence electrons. The molecule has 1 aromatic heterocycles. The predicted molar refractivity (Wildman–Crippen MR) is 45.2 cm³/mol. The van der Waals surface area contributed by atoms with E-state index in [1.165, 1.54) is 0 Å². The third-order valence-corrected chi connectivity index (χ3v) is 2.07. The van der Waals surface area contributed by atoms with E-state index in [2.05, 4.69) is 10.2 Å². The number of halogens is 3. The van der Waals surface area contributed by atoms with Crippen molar-refractivity contribution in [2.75, 3.05) is 6.61 Å². The number of ether oxygens (including phenoxy) is 1. The fourth-order valence-electron chi connectivity index (χ4n) is 0.621. The Morgan fingerprint density at radius 3 is 2.43 bits per heavy atom. The van der Waals surface area contributed by atoms with Gasteiger partial charge in [0.1, 0.15) is 0 Å². The molecular weight excluding hydrogens is 217 g/mol. The molecule has 0 atom stereocenters. The molecule has 0 saturated carbocycles. The van der Waals surface area contributed by atoms with Crippen molar-refractivity contribution in [1.82, 2.24) is 10.2 Å². The van der Waals surface area contributed by atoms with Crippen molar-refractivity contribution in [3.63, 3.8) is 0 Å². The summed E-state index contributed by atoms with van der Waals surface area (Å²) in [5, 5.41) is 5.25. The summed E-state index contributed by atoms with van der Waals surface area (Å²) in [4.78, 5) is 0. The number of alkyl halides is 3. The lowest BCUT2D eigenvalue weighted by atomic mass is 10.2. The molecule has 14 heavy (non-hydrogen) atoms. The lowest BCUT2D eigenvalue weighted by Crippen LogP contribution is -2.03. The smallest absolute Gasteiger partial charge is 0.445 e. The summed E-state index contributed by atoms with van der Waals surface area (Å²) in [6.45, 7) is 4.13. The van der Waals surface area contributed by atoms with Crippen molar-refractivity contribution in [3.8, 4) is 5.19 Å². The molecule has 3 nitrogen and oxygen atoms in total. The minimum Gasteiger partial charge on any atom is -0.469 e. The zero-order valence-electron chi connectivity index (χ0n) is 7.63. The number of nitrogens with zero attached hydrogens (tertiary/aromatic N) is 2. The van der Waals surface area contributed by atoms with E-state index in [4.69, 9.17) is 4.74 Å². The second-order valence-electron chi connectivity index (χ2n) is 3.08. The molecule has 1 aromatic rings. The van der Waals surface area contributed by atoms with Gasteiger partial charge >= 0.3 is 6.18 Å². The molecular formula is C7H9F3N2OS. The Kier molecular flexibility index (Phi) is 3.30. The van der Waals surface area contributed by atoms with E-state index in [1.807, 2.05) is 13.8 Å². The topological polar surface area (TPSA) is 35.0 Å². The highest BCUT2D eigenvalue weighted by Gasteiger charge is 2.35. The molecule has 0 aliphatic rings. The minimum atomic E-state index is -4.43. The molecule has 1 rings (SSSR count). The first-order chi connectivity index (χ1) is 6.39. The minimum absolute atomic E-state index is 0.0361. The van der Waals surface area contributed by atoms with E-state index in [1.54, 1.807) is 0 Å². The molecule has 0 aliphatic carbocycles. The van der Waals surface area contributed by atoms with Crippen LogP contribution in [0.25, 0.3) is 0 Å². The van der Waals surface area contributed by atoms with Crippen LogP contribution < -0.4 is 4.74 Å². The first-order valence-electron chi connectivity index (χ1n) is 3.93. The number of hydrogen-bond donors (Lipinski definition) is 0. The van der Waals surface area contributed by atoms with Crippen LogP contribution in [0.15, 0.2) is 0 Å². The summed E-state index contributed by atoms with van der Waals surface area (Å²) in [6, 6.07) is 0. The molecule has 0 saturated heterocycles. The maximum absolute atomic E-state index is 12.1. The highest BCUT2D eigenvalue weighted by atomic mass is 32.1. The summed E-state index contributed by atoms with van der Waals surface area (Å²) in [7, 11) is 0. The van der Waals surface area contributed by atoms with E-state index < -0.39 is 11.2 Å². The fraction of sp³-hybridized carbons (Fsp3) is 0.714. The van der Waals surface area contributed by atoms with E-state index in [0.29, 0.717) is 17.9 Å². The van der Waals surface area contributed by atoms with Crippen LogP contribution >= 0.6 is 11.3 Å². The quantitative estimate of drug-likeness (QED) is 0.794. The van der Waals surface area contributed by atoms with E-state index in [0.717, 1.165) is 0 Å². The summed E-state index contributed by atoms with van der Waals surface area (Å²) in [5.74, 6) is 0.244. The zero-order valence-corrected chi connectivity index (χ0v) is 8.45. The van der Waals surface area contributed by atoms with E-state index in [9.17, 15) is 13.2 Å². The van der Waals surface area contributed by atoms with Crippen molar-refractivity contribution < 1.29 is 17.9 Å². The van der Waals surface area contributed by atoms with Crippen molar-refractivity contribution in [1.29, 1.82) is 0 Å². The van der Waals surface area contributed by atoms with Crippen molar-refractivity contribution in [2.24, 2.45) is 5.92 Å². The van der Waals surface area contributed by atoms with Gasteiger partial charge in [0.2, 0.25) is 5.01 Å². The third-order valence-electron chi connectivity index (χ3n) is 1.19. The average molecular weight is 226 g/mol. The molecule has 7 heteroatoms. The van der Waals surface area contributed by atoms with Crippen LogP contribution in [0.4, 0.5) is 13.2 Å². The Morgan fingerprint density at radius 1 is 1.36 bits per heavy atom. The lowest BCUT2D eigenvalue weighted by molar-refractivity contribution is -0.138. The number of aromatic nitrogens is 2. The Hall–Kier alpha value is -0.850. The lowest BCUT2D eigenvalue weighted by Gasteiger charge is -2.03. The summed E-state index contributed by atoms with van der Waals surface area (Å²) >= 11 is 0.412.